The predicted octanol–water partition coefficient (Wildman–Crippen LogP) is 6.16. The van der Waals surface area contributed by atoms with Crippen molar-refractivity contribution in [2.45, 2.75) is 39.2 Å². The maximum Gasteiger partial charge on any atom is 0.260 e. The van der Waals surface area contributed by atoms with E-state index in [0.717, 1.165) is 40.6 Å². The molecule has 5 nitrogen and oxygen atoms in total. The minimum atomic E-state index is -0.0644. The lowest BCUT2D eigenvalue weighted by atomic mass is 9.97. The zero-order chi connectivity index (χ0) is 22.1. The molecule has 0 saturated heterocycles. The van der Waals surface area contributed by atoms with Gasteiger partial charge in [0.15, 0.2) is 11.5 Å². The number of hydrogen-bond acceptors (Lipinski definition) is 5. The Balaban J connectivity index is 1.47. The second kappa shape index (κ2) is 8.96. The molecule has 164 valence electrons. The third kappa shape index (κ3) is 4.12. The Kier molecular flexibility index (Phi) is 5.89. The summed E-state index contributed by atoms with van der Waals surface area (Å²) in [5.74, 6) is 1.80. The molecule has 0 aliphatic heterocycles. The molecule has 0 bridgehead atoms. The van der Waals surface area contributed by atoms with Crippen LogP contribution in [0.2, 0.25) is 5.02 Å². The van der Waals surface area contributed by atoms with Gasteiger partial charge in [0, 0.05) is 15.5 Å². The van der Waals surface area contributed by atoms with Gasteiger partial charge in [0.25, 0.3) is 5.56 Å². The first-order valence-electron chi connectivity index (χ1n) is 10.8. The SMILES string of the molecule is CCOc1cc(-c2nc3sc4c(c3c(=O)[nH]2)CCCC4)ccc1OCc1ccc(Cl)cc1. The van der Waals surface area contributed by atoms with Crippen LogP contribution in [0, 0.1) is 0 Å². The summed E-state index contributed by atoms with van der Waals surface area (Å²) in [6.45, 7) is 2.83. The molecule has 2 heterocycles. The highest BCUT2D eigenvalue weighted by Gasteiger charge is 2.20. The Labute approximate surface area is 195 Å². The number of thiophene rings is 1. The zero-order valence-electron chi connectivity index (χ0n) is 17.7. The smallest absolute Gasteiger partial charge is 0.260 e. The maximum atomic E-state index is 12.9. The Morgan fingerprint density at radius 2 is 1.88 bits per heavy atom. The number of H-pyrrole nitrogens is 1. The fraction of sp³-hybridized carbons (Fsp3) is 0.280. The van der Waals surface area contributed by atoms with Gasteiger partial charge in [-0.25, -0.2) is 4.98 Å². The van der Waals surface area contributed by atoms with E-state index in [2.05, 4.69) is 4.98 Å². The lowest BCUT2D eigenvalue weighted by molar-refractivity contribution is 0.269. The Morgan fingerprint density at radius 1 is 1.06 bits per heavy atom. The molecule has 0 radical (unpaired) electrons. The summed E-state index contributed by atoms with van der Waals surface area (Å²) in [4.78, 5) is 22.8. The second-order valence-electron chi connectivity index (χ2n) is 7.82. The van der Waals surface area contributed by atoms with Gasteiger partial charge in [-0.1, -0.05) is 23.7 Å². The Bertz CT molecular complexity index is 1330. The number of ether oxygens (including phenoxy) is 2. The number of nitrogens with zero attached hydrogens (tertiary/aromatic N) is 1. The van der Waals surface area contributed by atoms with Gasteiger partial charge < -0.3 is 14.5 Å². The van der Waals surface area contributed by atoms with E-state index in [4.69, 9.17) is 26.1 Å². The molecule has 0 saturated carbocycles. The third-order valence-corrected chi connectivity index (χ3v) is 7.09. The molecule has 0 amide bonds. The van der Waals surface area contributed by atoms with Crippen LogP contribution in [0.15, 0.2) is 47.3 Å². The number of rotatable bonds is 6. The fourth-order valence-corrected chi connectivity index (χ4v) is 5.47. The Hall–Kier alpha value is -2.83. The molecule has 1 aliphatic rings. The van der Waals surface area contributed by atoms with Crippen molar-refractivity contribution in [1.29, 1.82) is 0 Å². The number of hydrogen-bond donors (Lipinski definition) is 1. The highest BCUT2D eigenvalue weighted by molar-refractivity contribution is 7.18. The van der Waals surface area contributed by atoms with Crippen molar-refractivity contribution in [3.63, 3.8) is 0 Å². The summed E-state index contributed by atoms with van der Waals surface area (Å²) in [7, 11) is 0. The van der Waals surface area contributed by atoms with Gasteiger partial charge in [0.1, 0.15) is 17.3 Å². The molecule has 5 rings (SSSR count). The summed E-state index contributed by atoms with van der Waals surface area (Å²) >= 11 is 7.61. The quantitative estimate of drug-likeness (QED) is 0.369. The van der Waals surface area contributed by atoms with Crippen molar-refractivity contribution in [2.24, 2.45) is 0 Å². The van der Waals surface area contributed by atoms with Crippen molar-refractivity contribution in [3.8, 4) is 22.9 Å². The fourth-order valence-electron chi connectivity index (χ4n) is 4.09. The molecule has 4 aromatic rings. The Morgan fingerprint density at radius 3 is 2.69 bits per heavy atom. The van der Waals surface area contributed by atoms with Crippen LogP contribution in [0.25, 0.3) is 21.6 Å². The van der Waals surface area contributed by atoms with Crippen molar-refractivity contribution in [2.75, 3.05) is 6.61 Å². The normalized spacial score (nSPS) is 13.2. The zero-order valence-corrected chi connectivity index (χ0v) is 19.3. The molecule has 1 aliphatic carbocycles. The lowest BCUT2D eigenvalue weighted by Crippen LogP contribution is -2.11. The summed E-state index contributed by atoms with van der Waals surface area (Å²) in [5.41, 5.74) is 2.93. The van der Waals surface area contributed by atoms with E-state index in [0.29, 0.717) is 35.6 Å². The molecule has 0 spiro atoms. The van der Waals surface area contributed by atoms with Crippen LogP contribution >= 0.6 is 22.9 Å². The van der Waals surface area contributed by atoms with Crippen molar-refractivity contribution in [1.82, 2.24) is 9.97 Å². The lowest BCUT2D eigenvalue weighted by Gasteiger charge is -2.13. The summed E-state index contributed by atoms with van der Waals surface area (Å²) < 4.78 is 11.8. The maximum absolute atomic E-state index is 12.9. The van der Waals surface area contributed by atoms with Gasteiger partial charge in [-0.15, -0.1) is 11.3 Å². The van der Waals surface area contributed by atoms with Crippen LogP contribution in [0.1, 0.15) is 35.8 Å². The monoisotopic (exact) mass is 466 g/mol. The van der Waals surface area contributed by atoms with Crippen molar-refractivity contribution >= 4 is 33.2 Å². The number of halogens is 1. The number of nitrogens with one attached hydrogen (secondary N) is 1. The van der Waals surface area contributed by atoms with E-state index >= 15 is 0 Å². The number of aromatic nitrogens is 2. The molecule has 0 fully saturated rings. The summed E-state index contributed by atoms with van der Waals surface area (Å²) in [6, 6.07) is 13.2. The molecule has 1 N–H and O–H groups in total. The molecule has 0 atom stereocenters. The van der Waals surface area contributed by atoms with Crippen LogP contribution < -0.4 is 15.0 Å². The number of aryl methyl sites for hydroxylation is 2. The predicted molar refractivity (Wildman–Crippen MR) is 129 cm³/mol. The minimum Gasteiger partial charge on any atom is -0.490 e. The molecular formula is C25H23ClN2O3S. The van der Waals surface area contributed by atoms with Gasteiger partial charge in [-0.2, -0.15) is 0 Å². The summed E-state index contributed by atoms with van der Waals surface area (Å²) in [5, 5.41) is 1.46. The van der Waals surface area contributed by atoms with E-state index in [1.54, 1.807) is 11.3 Å². The van der Waals surface area contributed by atoms with Crippen molar-refractivity contribution < 1.29 is 9.47 Å². The molecule has 32 heavy (non-hydrogen) atoms. The third-order valence-electron chi connectivity index (χ3n) is 5.65. The van der Waals surface area contributed by atoms with E-state index in [1.807, 2.05) is 49.4 Å². The molecule has 2 aromatic carbocycles. The average molecular weight is 467 g/mol. The molecule has 2 aromatic heterocycles. The van der Waals surface area contributed by atoms with E-state index in [9.17, 15) is 4.79 Å². The highest BCUT2D eigenvalue weighted by atomic mass is 35.5. The van der Waals surface area contributed by atoms with Crippen LogP contribution in [0.3, 0.4) is 0 Å². The van der Waals surface area contributed by atoms with E-state index in [1.165, 1.54) is 16.9 Å². The van der Waals surface area contributed by atoms with E-state index < -0.39 is 0 Å². The standard InChI is InChI=1S/C25H23ClN2O3S/c1-2-30-20-13-16(9-12-19(20)31-14-15-7-10-17(26)11-8-15)23-27-24(29)22-18-5-3-4-6-21(18)32-25(22)28-23/h7-13H,2-6,14H2,1H3,(H,27,28,29). The van der Waals surface area contributed by atoms with Gasteiger partial charge in [-0.3, -0.25) is 4.79 Å². The van der Waals surface area contributed by atoms with Crippen LogP contribution in [0.5, 0.6) is 11.5 Å². The number of aromatic amines is 1. The van der Waals surface area contributed by atoms with Gasteiger partial charge in [0.2, 0.25) is 0 Å². The highest BCUT2D eigenvalue weighted by Crippen LogP contribution is 2.36. The molecule has 7 heteroatoms. The van der Waals surface area contributed by atoms with Crippen LogP contribution in [-0.4, -0.2) is 16.6 Å². The van der Waals surface area contributed by atoms with Crippen molar-refractivity contribution in [3.05, 3.63) is 73.8 Å². The van der Waals surface area contributed by atoms with Gasteiger partial charge >= 0.3 is 0 Å². The van der Waals surface area contributed by atoms with Gasteiger partial charge in [0.05, 0.1) is 12.0 Å². The molecule has 0 unspecified atom stereocenters. The largest absolute Gasteiger partial charge is 0.490 e. The second-order valence-corrected chi connectivity index (χ2v) is 9.34. The first kappa shape index (κ1) is 21.0. The van der Waals surface area contributed by atoms with E-state index in [-0.39, 0.29) is 5.56 Å². The number of benzene rings is 2. The number of fused-ring (bicyclic) bond motifs is 3. The van der Waals surface area contributed by atoms with Crippen LogP contribution in [0.4, 0.5) is 0 Å². The summed E-state index contributed by atoms with van der Waals surface area (Å²) in [6.07, 6.45) is 4.32. The topological polar surface area (TPSA) is 64.2 Å². The first-order chi connectivity index (χ1) is 15.6. The van der Waals surface area contributed by atoms with Gasteiger partial charge in [-0.05, 0) is 74.1 Å². The first-order valence-corrected chi connectivity index (χ1v) is 12.0. The van der Waals surface area contributed by atoms with Crippen LogP contribution in [-0.2, 0) is 19.4 Å². The molecular weight excluding hydrogens is 444 g/mol. The average Bonchev–Trinajstić information content (AvgIpc) is 3.18. The minimum absolute atomic E-state index is 0.0644.